The topological polar surface area (TPSA) is 53.3 Å². The van der Waals surface area contributed by atoms with Crippen molar-refractivity contribution in [3.05, 3.63) is 35.9 Å². The van der Waals surface area contributed by atoms with Crippen molar-refractivity contribution in [3.8, 4) is 6.07 Å². The average molecular weight is 270 g/mol. The number of nitrogens with zero attached hydrogens (tertiary/aromatic N) is 2. The van der Waals surface area contributed by atoms with Gasteiger partial charge >= 0.3 is 6.09 Å². The third-order valence-corrected chi connectivity index (χ3v) is 4.62. The summed E-state index contributed by atoms with van der Waals surface area (Å²) in [5.41, 5.74) is 1.04. The van der Waals surface area contributed by atoms with Crippen molar-refractivity contribution in [2.75, 3.05) is 13.1 Å². The first-order chi connectivity index (χ1) is 9.73. The molecule has 4 heteroatoms. The minimum atomic E-state index is -0.294. The van der Waals surface area contributed by atoms with Crippen LogP contribution in [-0.4, -0.2) is 24.1 Å². The lowest BCUT2D eigenvalue weighted by atomic mass is 9.63. The van der Waals surface area contributed by atoms with Crippen molar-refractivity contribution in [3.63, 3.8) is 0 Å². The molecular formula is C16H18N2O2. The monoisotopic (exact) mass is 270 g/mol. The minimum Gasteiger partial charge on any atom is -0.445 e. The zero-order valence-corrected chi connectivity index (χ0v) is 11.4. The van der Waals surface area contributed by atoms with Gasteiger partial charge in [-0.05, 0) is 18.4 Å². The Balaban J connectivity index is 1.57. The standard InChI is InChI=1S/C16H18N2O2/c17-9-14-10-18(12-16(14)7-4-8-16)15(19)20-11-13-5-2-1-3-6-13/h1-3,5-6,14H,4,7-8,10-12H2. The van der Waals surface area contributed by atoms with Crippen LogP contribution in [-0.2, 0) is 11.3 Å². The van der Waals surface area contributed by atoms with Gasteiger partial charge in [-0.2, -0.15) is 5.26 Å². The number of likely N-dealkylation sites (tertiary alicyclic amines) is 1. The number of ether oxygens (including phenoxy) is 1. The van der Waals surface area contributed by atoms with E-state index in [1.54, 1.807) is 4.90 Å². The summed E-state index contributed by atoms with van der Waals surface area (Å²) in [7, 11) is 0. The van der Waals surface area contributed by atoms with Crippen molar-refractivity contribution in [1.82, 2.24) is 4.90 Å². The van der Waals surface area contributed by atoms with Gasteiger partial charge in [0.25, 0.3) is 0 Å². The predicted molar refractivity (Wildman–Crippen MR) is 73.6 cm³/mol. The quantitative estimate of drug-likeness (QED) is 0.830. The van der Waals surface area contributed by atoms with Gasteiger partial charge in [0.05, 0.1) is 12.0 Å². The van der Waals surface area contributed by atoms with Crippen LogP contribution in [0.25, 0.3) is 0 Å². The number of amides is 1. The fourth-order valence-corrected chi connectivity index (χ4v) is 3.23. The molecule has 0 aromatic heterocycles. The molecule has 1 aromatic rings. The molecule has 1 saturated heterocycles. The van der Waals surface area contributed by atoms with Crippen LogP contribution in [0.4, 0.5) is 4.79 Å². The van der Waals surface area contributed by atoms with E-state index in [0.717, 1.165) is 18.4 Å². The third kappa shape index (κ3) is 2.24. The molecule has 1 heterocycles. The summed E-state index contributed by atoms with van der Waals surface area (Å²) < 4.78 is 5.34. The zero-order valence-electron chi connectivity index (χ0n) is 11.4. The Hall–Kier alpha value is -2.02. The molecule has 4 nitrogen and oxygen atoms in total. The molecule has 20 heavy (non-hydrogen) atoms. The largest absolute Gasteiger partial charge is 0.445 e. The van der Waals surface area contributed by atoms with Crippen LogP contribution in [0, 0.1) is 22.7 Å². The van der Waals surface area contributed by atoms with Crippen molar-refractivity contribution in [2.45, 2.75) is 25.9 Å². The van der Waals surface area contributed by atoms with Crippen LogP contribution in [0.1, 0.15) is 24.8 Å². The second kappa shape index (κ2) is 5.16. The highest BCUT2D eigenvalue weighted by Crippen LogP contribution is 2.51. The summed E-state index contributed by atoms with van der Waals surface area (Å²) in [5, 5.41) is 9.25. The van der Waals surface area contributed by atoms with Gasteiger partial charge in [0, 0.05) is 18.5 Å². The first kappa shape index (κ1) is 13.0. The Kier molecular flexibility index (Phi) is 3.35. The van der Waals surface area contributed by atoms with E-state index in [4.69, 9.17) is 4.74 Å². The van der Waals surface area contributed by atoms with Gasteiger partial charge in [-0.1, -0.05) is 36.8 Å². The average Bonchev–Trinajstić information content (AvgIpc) is 2.86. The first-order valence-corrected chi connectivity index (χ1v) is 7.09. The number of hydrogen-bond donors (Lipinski definition) is 0. The zero-order chi connectivity index (χ0) is 14.0. The van der Waals surface area contributed by atoms with Gasteiger partial charge in [-0.25, -0.2) is 4.79 Å². The maximum absolute atomic E-state index is 12.1. The fourth-order valence-electron chi connectivity index (χ4n) is 3.23. The van der Waals surface area contributed by atoms with Crippen molar-refractivity contribution < 1.29 is 9.53 Å². The number of carbonyl (C=O) groups excluding carboxylic acids is 1. The highest BCUT2D eigenvalue weighted by atomic mass is 16.6. The molecule has 0 N–H and O–H groups in total. The van der Waals surface area contributed by atoms with E-state index in [9.17, 15) is 10.1 Å². The van der Waals surface area contributed by atoms with Crippen LogP contribution < -0.4 is 0 Å². The number of hydrogen-bond acceptors (Lipinski definition) is 3. The van der Waals surface area contributed by atoms with E-state index in [1.165, 1.54) is 6.42 Å². The van der Waals surface area contributed by atoms with Crippen LogP contribution in [0.5, 0.6) is 0 Å². The molecule has 0 bridgehead atoms. The van der Waals surface area contributed by atoms with Crippen molar-refractivity contribution in [2.24, 2.45) is 11.3 Å². The van der Waals surface area contributed by atoms with Crippen molar-refractivity contribution in [1.29, 1.82) is 5.26 Å². The minimum absolute atomic E-state index is 0.0273. The molecule has 1 amide bonds. The summed E-state index contributed by atoms with van der Waals surface area (Å²) >= 11 is 0. The summed E-state index contributed by atoms with van der Waals surface area (Å²) in [4.78, 5) is 13.8. The fraction of sp³-hybridized carbons (Fsp3) is 0.500. The van der Waals surface area contributed by atoms with Gasteiger partial charge in [0.15, 0.2) is 0 Å². The van der Waals surface area contributed by atoms with E-state index in [2.05, 4.69) is 6.07 Å². The maximum Gasteiger partial charge on any atom is 0.410 e. The van der Waals surface area contributed by atoms with E-state index < -0.39 is 0 Å². The summed E-state index contributed by atoms with van der Waals surface area (Å²) in [5.74, 6) is -0.0273. The summed E-state index contributed by atoms with van der Waals surface area (Å²) in [6.45, 7) is 1.49. The second-order valence-electron chi connectivity index (χ2n) is 5.82. The molecule has 1 spiro atoms. The van der Waals surface area contributed by atoms with Crippen LogP contribution in [0.15, 0.2) is 30.3 Å². The Labute approximate surface area is 118 Å². The Morgan fingerprint density at radius 1 is 1.40 bits per heavy atom. The Bertz CT molecular complexity index is 531. The van der Waals surface area contributed by atoms with Gasteiger partial charge in [-0.15, -0.1) is 0 Å². The predicted octanol–water partition coefficient (Wildman–Crippen LogP) is 2.95. The SMILES string of the molecule is N#CC1CN(C(=O)OCc2ccccc2)CC12CCC2. The van der Waals surface area contributed by atoms with Gasteiger partial charge < -0.3 is 9.64 Å². The molecular weight excluding hydrogens is 252 g/mol. The van der Waals surface area contributed by atoms with Crippen LogP contribution in [0.2, 0.25) is 0 Å². The smallest absolute Gasteiger partial charge is 0.410 e. The Morgan fingerprint density at radius 2 is 2.15 bits per heavy atom. The number of rotatable bonds is 2. The van der Waals surface area contributed by atoms with E-state index >= 15 is 0 Å². The summed E-state index contributed by atoms with van der Waals surface area (Å²) in [6.07, 6.45) is 3.00. The molecule has 1 atom stereocenters. The molecule has 0 radical (unpaired) electrons. The molecule has 2 aliphatic rings. The van der Waals surface area contributed by atoms with E-state index in [0.29, 0.717) is 19.7 Å². The van der Waals surface area contributed by atoms with Gasteiger partial charge in [0.1, 0.15) is 6.61 Å². The number of nitriles is 1. The molecule has 1 aliphatic heterocycles. The second-order valence-corrected chi connectivity index (χ2v) is 5.82. The van der Waals surface area contributed by atoms with E-state index in [1.807, 2.05) is 30.3 Å². The summed E-state index contributed by atoms with van der Waals surface area (Å²) in [6, 6.07) is 12.0. The molecule has 2 fully saturated rings. The molecule has 1 unspecified atom stereocenters. The molecule has 1 saturated carbocycles. The van der Waals surface area contributed by atoms with Crippen LogP contribution >= 0.6 is 0 Å². The number of carbonyl (C=O) groups is 1. The third-order valence-electron chi connectivity index (χ3n) is 4.62. The normalized spacial score (nSPS) is 23.1. The molecule has 104 valence electrons. The number of benzene rings is 1. The molecule has 3 rings (SSSR count). The highest BCUT2D eigenvalue weighted by molar-refractivity contribution is 5.68. The molecule has 1 aliphatic carbocycles. The molecule has 1 aromatic carbocycles. The van der Waals surface area contributed by atoms with Crippen LogP contribution in [0.3, 0.4) is 0 Å². The Morgan fingerprint density at radius 3 is 2.70 bits per heavy atom. The lowest BCUT2D eigenvalue weighted by molar-refractivity contribution is 0.0850. The highest BCUT2D eigenvalue weighted by Gasteiger charge is 2.52. The lowest BCUT2D eigenvalue weighted by Crippen LogP contribution is -2.38. The van der Waals surface area contributed by atoms with Crippen molar-refractivity contribution >= 4 is 6.09 Å². The van der Waals surface area contributed by atoms with Gasteiger partial charge in [0.2, 0.25) is 0 Å². The maximum atomic E-state index is 12.1. The van der Waals surface area contributed by atoms with Gasteiger partial charge in [-0.3, -0.25) is 0 Å². The first-order valence-electron chi connectivity index (χ1n) is 7.09. The lowest BCUT2D eigenvalue weighted by Gasteiger charge is -2.39. The van der Waals surface area contributed by atoms with E-state index in [-0.39, 0.29) is 17.4 Å².